The molecule has 0 amide bonds. The molecule has 0 radical (unpaired) electrons. The highest BCUT2D eigenvalue weighted by molar-refractivity contribution is 8.00. The van der Waals surface area contributed by atoms with E-state index in [-0.39, 0.29) is 6.04 Å². The Labute approximate surface area is 128 Å². The Morgan fingerprint density at radius 2 is 1.95 bits per heavy atom. The highest BCUT2D eigenvalue weighted by Crippen LogP contribution is 2.43. The molecule has 0 fully saturated rings. The van der Waals surface area contributed by atoms with Crippen molar-refractivity contribution < 1.29 is 4.42 Å². The van der Waals surface area contributed by atoms with Crippen molar-refractivity contribution in [3.63, 3.8) is 0 Å². The van der Waals surface area contributed by atoms with E-state index in [1.807, 2.05) is 30.9 Å². The first-order chi connectivity index (χ1) is 10.3. The van der Waals surface area contributed by atoms with Gasteiger partial charge in [-0.2, -0.15) is 0 Å². The van der Waals surface area contributed by atoms with Gasteiger partial charge in [-0.15, -0.1) is 11.8 Å². The van der Waals surface area contributed by atoms with Crippen molar-refractivity contribution in [1.29, 1.82) is 0 Å². The van der Waals surface area contributed by atoms with E-state index < -0.39 is 0 Å². The fourth-order valence-corrected chi connectivity index (χ4v) is 4.52. The van der Waals surface area contributed by atoms with Crippen molar-refractivity contribution in [1.82, 2.24) is 5.32 Å². The van der Waals surface area contributed by atoms with Crippen LogP contribution in [0.5, 0.6) is 0 Å². The van der Waals surface area contributed by atoms with Crippen molar-refractivity contribution in [2.45, 2.75) is 22.6 Å². The molecule has 1 aromatic heterocycles. The van der Waals surface area contributed by atoms with Crippen molar-refractivity contribution in [3.8, 4) is 0 Å². The Morgan fingerprint density at radius 1 is 1.14 bits per heavy atom. The Kier molecular flexibility index (Phi) is 3.24. The normalized spacial score (nSPS) is 18.8. The summed E-state index contributed by atoms with van der Waals surface area (Å²) in [7, 11) is 2.02. The molecular weight excluding hydrogens is 278 g/mol. The van der Waals surface area contributed by atoms with Crippen LogP contribution in [0.4, 0.5) is 0 Å². The second kappa shape index (κ2) is 5.24. The predicted molar refractivity (Wildman–Crippen MR) is 87.8 cm³/mol. The number of rotatable bonds is 3. The van der Waals surface area contributed by atoms with E-state index in [0.717, 1.165) is 17.8 Å². The summed E-state index contributed by atoms with van der Waals surface area (Å²) in [4.78, 5) is 1.40. The van der Waals surface area contributed by atoms with Gasteiger partial charge in [-0.1, -0.05) is 36.4 Å². The zero-order chi connectivity index (χ0) is 14.2. The van der Waals surface area contributed by atoms with E-state index >= 15 is 0 Å². The van der Waals surface area contributed by atoms with Gasteiger partial charge in [0.1, 0.15) is 11.3 Å². The van der Waals surface area contributed by atoms with Crippen molar-refractivity contribution >= 4 is 22.7 Å². The number of nitrogens with one attached hydrogen (secondary N) is 1. The molecule has 106 valence electrons. The Balaban J connectivity index is 1.66. The third kappa shape index (κ3) is 2.27. The van der Waals surface area contributed by atoms with E-state index in [9.17, 15) is 0 Å². The third-order valence-electron chi connectivity index (χ3n) is 4.11. The molecular formula is C18H17NOS. The summed E-state index contributed by atoms with van der Waals surface area (Å²) in [6.07, 6.45) is 1.09. The summed E-state index contributed by atoms with van der Waals surface area (Å²) in [5.41, 5.74) is 2.41. The summed E-state index contributed by atoms with van der Waals surface area (Å²) in [6.45, 7) is 0. The maximum Gasteiger partial charge on any atom is 0.134 e. The molecule has 21 heavy (non-hydrogen) atoms. The number of hydrogen-bond acceptors (Lipinski definition) is 3. The minimum absolute atomic E-state index is 0.231. The molecule has 1 N–H and O–H groups in total. The average Bonchev–Trinajstić information content (AvgIpc) is 3.11. The van der Waals surface area contributed by atoms with Gasteiger partial charge in [0.15, 0.2) is 0 Å². The SMILES string of the molecule is CNC(c1cc2ccccc2o1)C1Cc2ccccc2S1. The zero-order valence-corrected chi connectivity index (χ0v) is 12.7. The molecule has 2 nitrogen and oxygen atoms in total. The Hall–Kier alpha value is -1.71. The summed E-state index contributed by atoms with van der Waals surface area (Å²) < 4.78 is 6.06. The lowest BCUT2D eigenvalue weighted by Crippen LogP contribution is -2.26. The molecule has 2 unspecified atom stereocenters. The summed E-state index contributed by atoms with van der Waals surface area (Å²) in [5.74, 6) is 1.03. The van der Waals surface area contributed by atoms with Gasteiger partial charge in [0, 0.05) is 15.5 Å². The van der Waals surface area contributed by atoms with Crippen LogP contribution in [0.2, 0.25) is 0 Å². The molecule has 2 heterocycles. The number of thioether (sulfide) groups is 1. The standard InChI is InChI=1S/C18H17NOS/c1-19-18(15-10-12-6-2-4-8-14(12)20-15)17-11-13-7-3-5-9-16(13)21-17/h2-10,17-19H,11H2,1H3. The lowest BCUT2D eigenvalue weighted by atomic mass is 10.0. The second-order valence-corrected chi connectivity index (χ2v) is 6.70. The van der Waals surface area contributed by atoms with Crippen molar-refractivity contribution in [2.24, 2.45) is 0 Å². The minimum atomic E-state index is 0.231. The van der Waals surface area contributed by atoms with Crippen LogP contribution >= 0.6 is 11.8 Å². The van der Waals surface area contributed by atoms with Gasteiger partial charge < -0.3 is 9.73 Å². The van der Waals surface area contributed by atoms with Gasteiger partial charge in [0.05, 0.1) is 6.04 Å². The minimum Gasteiger partial charge on any atom is -0.459 e. The molecule has 0 bridgehead atoms. The van der Waals surface area contributed by atoms with Gasteiger partial charge in [-0.3, -0.25) is 0 Å². The molecule has 0 aliphatic carbocycles. The zero-order valence-electron chi connectivity index (χ0n) is 11.9. The Bertz CT molecular complexity index is 721. The van der Waals surface area contributed by atoms with Crippen molar-refractivity contribution in [3.05, 3.63) is 65.9 Å². The Morgan fingerprint density at radius 3 is 2.76 bits per heavy atom. The molecule has 1 aliphatic heterocycles. The fourth-order valence-electron chi connectivity index (χ4n) is 3.06. The highest BCUT2D eigenvalue weighted by atomic mass is 32.2. The van der Waals surface area contributed by atoms with Crippen LogP contribution in [-0.2, 0) is 6.42 Å². The summed E-state index contributed by atoms with van der Waals surface area (Å²) in [6, 6.07) is 19.3. The van der Waals surface area contributed by atoms with Crippen LogP contribution in [0.1, 0.15) is 17.4 Å². The maximum absolute atomic E-state index is 6.06. The molecule has 0 spiro atoms. The van der Waals surface area contributed by atoms with Gasteiger partial charge in [0.25, 0.3) is 0 Å². The first kappa shape index (κ1) is 13.0. The monoisotopic (exact) mass is 295 g/mol. The van der Waals surface area contributed by atoms with E-state index in [0.29, 0.717) is 5.25 Å². The van der Waals surface area contributed by atoms with Crippen LogP contribution in [0.25, 0.3) is 11.0 Å². The van der Waals surface area contributed by atoms with Crippen LogP contribution in [0.15, 0.2) is 63.9 Å². The van der Waals surface area contributed by atoms with E-state index in [1.54, 1.807) is 0 Å². The largest absolute Gasteiger partial charge is 0.459 e. The number of hydrogen-bond donors (Lipinski definition) is 1. The summed E-state index contributed by atoms with van der Waals surface area (Å²) >= 11 is 1.95. The quantitative estimate of drug-likeness (QED) is 0.775. The number of para-hydroxylation sites is 1. The number of furan rings is 1. The fraction of sp³-hybridized carbons (Fsp3) is 0.222. The molecule has 3 aromatic rings. The maximum atomic E-state index is 6.06. The van der Waals surface area contributed by atoms with E-state index in [1.165, 1.54) is 15.8 Å². The molecule has 2 atom stereocenters. The predicted octanol–water partition coefficient (Wildman–Crippen LogP) is 4.41. The van der Waals surface area contributed by atoms with E-state index in [4.69, 9.17) is 4.42 Å². The van der Waals surface area contributed by atoms with E-state index in [2.05, 4.69) is 47.8 Å². The number of fused-ring (bicyclic) bond motifs is 2. The molecule has 4 rings (SSSR count). The molecule has 1 aliphatic rings. The van der Waals surface area contributed by atoms with Crippen LogP contribution < -0.4 is 5.32 Å². The third-order valence-corrected chi connectivity index (χ3v) is 5.50. The molecule has 3 heteroatoms. The van der Waals surface area contributed by atoms with Crippen LogP contribution in [-0.4, -0.2) is 12.3 Å². The molecule has 0 saturated heterocycles. The van der Waals surface area contributed by atoms with Gasteiger partial charge in [0.2, 0.25) is 0 Å². The first-order valence-electron chi connectivity index (χ1n) is 7.25. The molecule has 2 aromatic carbocycles. The lowest BCUT2D eigenvalue weighted by molar-refractivity contribution is 0.443. The van der Waals surface area contributed by atoms with Gasteiger partial charge >= 0.3 is 0 Å². The van der Waals surface area contributed by atoms with Gasteiger partial charge in [-0.25, -0.2) is 0 Å². The van der Waals surface area contributed by atoms with Crippen LogP contribution in [0, 0.1) is 0 Å². The first-order valence-corrected chi connectivity index (χ1v) is 8.13. The number of benzene rings is 2. The average molecular weight is 295 g/mol. The summed E-state index contributed by atoms with van der Waals surface area (Å²) in [5, 5.41) is 5.10. The highest BCUT2D eigenvalue weighted by Gasteiger charge is 2.31. The van der Waals surface area contributed by atoms with Crippen molar-refractivity contribution in [2.75, 3.05) is 7.05 Å². The van der Waals surface area contributed by atoms with Gasteiger partial charge in [-0.05, 0) is 37.2 Å². The lowest BCUT2D eigenvalue weighted by Gasteiger charge is -2.19. The van der Waals surface area contributed by atoms with Crippen LogP contribution in [0.3, 0.4) is 0 Å². The molecule has 0 saturated carbocycles. The smallest absolute Gasteiger partial charge is 0.134 e. The topological polar surface area (TPSA) is 25.2 Å². The second-order valence-electron chi connectivity index (χ2n) is 5.42.